The van der Waals surface area contributed by atoms with Crippen molar-refractivity contribution in [1.82, 2.24) is 9.62 Å². The molecule has 1 aliphatic heterocycles. The van der Waals surface area contributed by atoms with Gasteiger partial charge in [0.1, 0.15) is 5.60 Å². The maximum absolute atomic E-state index is 13.0. The Morgan fingerprint density at radius 1 is 1.31 bits per heavy atom. The molecule has 0 aliphatic carbocycles. The van der Waals surface area contributed by atoms with Crippen LogP contribution in [-0.4, -0.2) is 43.5 Å². The maximum Gasteiger partial charge on any atom is 0.407 e. The number of carbonyl (C=O) groups excluding carboxylic acids is 1. The van der Waals surface area contributed by atoms with Crippen LogP contribution in [0.2, 0.25) is 0 Å². The number of piperidine rings is 1. The number of nitrogens with one attached hydrogen (secondary N) is 1. The summed E-state index contributed by atoms with van der Waals surface area (Å²) in [5.41, 5.74) is -0.198. The van der Waals surface area contributed by atoms with Crippen LogP contribution < -0.4 is 5.32 Å². The summed E-state index contributed by atoms with van der Waals surface area (Å²) in [6.45, 7) is 5.92. The molecule has 1 aromatic rings. The van der Waals surface area contributed by atoms with Gasteiger partial charge in [-0.1, -0.05) is 6.42 Å². The molecule has 1 aromatic carbocycles. The molecule has 8 heteroatoms. The summed E-state index contributed by atoms with van der Waals surface area (Å²) >= 11 is 0. The first-order valence-corrected chi connectivity index (χ1v) is 10.1. The normalized spacial score (nSPS) is 18.8. The third kappa shape index (κ3) is 5.19. The molecule has 1 N–H and O–H groups in total. The average molecular weight is 379 g/mol. The van der Waals surface area contributed by atoms with E-state index in [0.717, 1.165) is 12.8 Å². The molecule has 142 valence electrons. The Kier molecular flexibility index (Phi) is 6.26. The number of alkyl carbamates (subject to hydrolysis) is 1. The molecule has 26 heavy (non-hydrogen) atoms. The quantitative estimate of drug-likeness (QED) is 0.867. The van der Waals surface area contributed by atoms with Gasteiger partial charge in [0.05, 0.1) is 16.5 Å². The largest absolute Gasteiger partial charge is 0.444 e. The molecule has 0 radical (unpaired) electrons. The first-order valence-electron chi connectivity index (χ1n) is 8.62. The van der Waals surface area contributed by atoms with Gasteiger partial charge in [-0.25, -0.2) is 13.2 Å². The Labute approximate surface area is 155 Å². The number of hydrogen-bond donors (Lipinski definition) is 1. The second kappa shape index (κ2) is 8.06. The highest BCUT2D eigenvalue weighted by molar-refractivity contribution is 7.89. The van der Waals surface area contributed by atoms with E-state index in [-0.39, 0.29) is 17.5 Å². The fraction of sp³-hybridized carbons (Fsp3) is 0.556. The van der Waals surface area contributed by atoms with Gasteiger partial charge in [0.2, 0.25) is 10.0 Å². The first kappa shape index (κ1) is 20.2. The fourth-order valence-corrected chi connectivity index (χ4v) is 4.54. The zero-order chi connectivity index (χ0) is 19.4. The summed E-state index contributed by atoms with van der Waals surface area (Å²) < 4.78 is 32.6. The molecule has 0 bridgehead atoms. The van der Waals surface area contributed by atoms with E-state index in [1.165, 1.54) is 28.6 Å². The predicted molar refractivity (Wildman–Crippen MR) is 96.9 cm³/mol. The van der Waals surface area contributed by atoms with Gasteiger partial charge in [-0.15, -0.1) is 0 Å². The molecule has 0 spiro atoms. The van der Waals surface area contributed by atoms with Crippen molar-refractivity contribution in [3.63, 3.8) is 0 Å². The van der Waals surface area contributed by atoms with Crippen molar-refractivity contribution < 1.29 is 17.9 Å². The molecule has 0 saturated carbocycles. The number of ether oxygens (including phenoxy) is 1. The van der Waals surface area contributed by atoms with Gasteiger partial charge in [-0.3, -0.25) is 0 Å². The van der Waals surface area contributed by atoms with E-state index in [9.17, 15) is 13.2 Å². The third-order valence-corrected chi connectivity index (χ3v) is 6.01. The van der Waals surface area contributed by atoms with E-state index < -0.39 is 21.7 Å². The highest BCUT2D eigenvalue weighted by Gasteiger charge is 2.33. The zero-order valence-electron chi connectivity index (χ0n) is 15.4. The van der Waals surface area contributed by atoms with Crippen LogP contribution in [0.1, 0.15) is 45.6 Å². The molecule has 1 heterocycles. The highest BCUT2D eigenvalue weighted by atomic mass is 32.2. The van der Waals surface area contributed by atoms with Crippen molar-refractivity contribution in [3.05, 3.63) is 29.8 Å². The Morgan fingerprint density at radius 3 is 2.54 bits per heavy atom. The number of benzene rings is 1. The lowest BCUT2D eigenvalue weighted by atomic mass is 10.1. The summed E-state index contributed by atoms with van der Waals surface area (Å²) in [7, 11) is -3.69. The molecule has 1 aliphatic rings. The second-order valence-corrected chi connectivity index (χ2v) is 9.17. The Hall–Kier alpha value is -2.11. The van der Waals surface area contributed by atoms with E-state index in [4.69, 9.17) is 10.00 Å². The summed E-state index contributed by atoms with van der Waals surface area (Å²) in [4.78, 5) is 12.0. The Balaban J connectivity index is 2.11. The molecular formula is C18H25N3O4S. The van der Waals surface area contributed by atoms with Crippen molar-refractivity contribution >= 4 is 16.1 Å². The summed E-state index contributed by atoms with van der Waals surface area (Å²) in [6.07, 6.45) is 1.79. The molecule has 0 unspecified atom stereocenters. The van der Waals surface area contributed by atoms with Gasteiger partial charge in [0.25, 0.3) is 0 Å². The van der Waals surface area contributed by atoms with Gasteiger partial charge in [0, 0.05) is 19.1 Å². The van der Waals surface area contributed by atoms with E-state index in [2.05, 4.69) is 5.32 Å². The van der Waals surface area contributed by atoms with Crippen molar-refractivity contribution in [2.45, 2.75) is 56.6 Å². The first-order chi connectivity index (χ1) is 12.1. The van der Waals surface area contributed by atoms with E-state index in [1.54, 1.807) is 20.8 Å². The lowest BCUT2D eigenvalue weighted by Gasteiger charge is -2.35. The van der Waals surface area contributed by atoms with Crippen molar-refractivity contribution in [1.29, 1.82) is 5.26 Å². The van der Waals surface area contributed by atoms with E-state index in [0.29, 0.717) is 18.5 Å². The third-order valence-electron chi connectivity index (χ3n) is 4.04. The van der Waals surface area contributed by atoms with Crippen LogP contribution in [0.5, 0.6) is 0 Å². The van der Waals surface area contributed by atoms with Gasteiger partial charge >= 0.3 is 6.09 Å². The van der Waals surface area contributed by atoms with Crippen LogP contribution in [0.15, 0.2) is 29.2 Å². The molecule has 1 saturated heterocycles. The predicted octanol–water partition coefficient (Wildman–Crippen LogP) is 2.63. The summed E-state index contributed by atoms with van der Waals surface area (Å²) in [5.74, 6) is 0. The van der Waals surface area contributed by atoms with Gasteiger partial charge < -0.3 is 10.1 Å². The number of nitriles is 1. The molecular weight excluding hydrogens is 354 g/mol. The SMILES string of the molecule is CC(C)(C)OC(=O)NC[C@H]1CCCCN1S(=O)(=O)c1ccc(C#N)cc1. The van der Waals surface area contributed by atoms with Crippen LogP contribution >= 0.6 is 0 Å². The molecule has 0 aromatic heterocycles. The number of carbonyl (C=O) groups is 1. The lowest BCUT2D eigenvalue weighted by Crippen LogP contribution is -2.49. The van der Waals surface area contributed by atoms with Crippen molar-refractivity contribution in [2.24, 2.45) is 0 Å². The topological polar surface area (TPSA) is 99.5 Å². The fourth-order valence-electron chi connectivity index (χ4n) is 2.85. The zero-order valence-corrected chi connectivity index (χ0v) is 16.2. The molecule has 1 fully saturated rings. The molecule has 2 rings (SSSR count). The number of amides is 1. The van der Waals surface area contributed by atoms with Crippen LogP contribution in [0.25, 0.3) is 0 Å². The molecule has 1 atom stereocenters. The van der Waals surface area contributed by atoms with Crippen LogP contribution in [-0.2, 0) is 14.8 Å². The van der Waals surface area contributed by atoms with Crippen molar-refractivity contribution in [2.75, 3.05) is 13.1 Å². The van der Waals surface area contributed by atoms with E-state index in [1.807, 2.05) is 6.07 Å². The smallest absolute Gasteiger partial charge is 0.407 e. The van der Waals surface area contributed by atoms with Gasteiger partial charge in [0.15, 0.2) is 0 Å². The maximum atomic E-state index is 13.0. The minimum Gasteiger partial charge on any atom is -0.444 e. The lowest BCUT2D eigenvalue weighted by molar-refractivity contribution is 0.0512. The highest BCUT2D eigenvalue weighted by Crippen LogP contribution is 2.25. The summed E-state index contributed by atoms with van der Waals surface area (Å²) in [5, 5.41) is 11.5. The number of nitrogens with zero attached hydrogens (tertiary/aromatic N) is 2. The van der Waals surface area contributed by atoms with Gasteiger partial charge in [-0.2, -0.15) is 9.57 Å². The minimum absolute atomic E-state index is 0.153. The second-order valence-electron chi connectivity index (χ2n) is 7.28. The summed E-state index contributed by atoms with van der Waals surface area (Å²) in [6, 6.07) is 7.53. The van der Waals surface area contributed by atoms with E-state index >= 15 is 0 Å². The average Bonchev–Trinajstić information content (AvgIpc) is 2.59. The Morgan fingerprint density at radius 2 is 1.96 bits per heavy atom. The minimum atomic E-state index is -3.69. The van der Waals surface area contributed by atoms with Crippen LogP contribution in [0, 0.1) is 11.3 Å². The standard InChI is InChI=1S/C18H25N3O4S/c1-18(2,3)25-17(22)20-13-15-6-4-5-11-21(15)26(23,24)16-9-7-14(12-19)8-10-16/h7-10,15H,4-6,11,13H2,1-3H3,(H,20,22)/t15-/m1/s1. The van der Waals surface area contributed by atoms with Crippen molar-refractivity contribution in [3.8, 4) is 6.07 Å². The van der Waals surface area contributed by atoms with Crippen LogP contribution in [0.3, 0.4) is 0 Å². The monoisotopic (exact) mass is 379 g/mol. The molecule has 7 nitrogen and oxygen atoms in total. The van der Waals surface area contributed by atoms with Crippen LogP contribution in [0.4, 0.5) is 4.79 Å². The number of sulfonamides is 1. The van der Waals surface area contributed by atoms with Gasteiger partial charge in [-0.05, 0) is 57.9 Å². The number of hydrogen-bond acceptors (Lipinski definition) is 5. The number of rotatable bonds is 4. The Bertz CT molecular complexity index is 776. The molecule has 1 amide bonds.